The summed E-state index contributed by atoms with van der Waals surface area (Å²) in [6, 6.07) is 4.36. The molecule has 2 N–H and O–H groups in total. The summed E-state index contributed by atoms with van der Waals surface area (Å²) in [5.74, 6) is -6.87. The summed E-state index contributed by atoms with van der Waals surface area (Å²) in [7, 11) is -1.23. The van der Waals surface area contributed by atoms with Gasteiger partial charge in [-0.1, -0.05) is 19.1 Å². The van der Waals surface area contributed by atoms with Gasteiger partial charge in [0.05, 0.1) is 33.6 Å². The maximum atomic E-state index is 12.7. The number of amides is 1. The van der Waals surface area contributed by atoms with E-state index < -0.39 is 49.3 Å². The third kappa shape index (κ3) is 7.96. The third-order valence-corrected chi connectivity index (χ3v) is 6.81. The van der Waals surface area contributed by atoms with E-state index in [2.05, 4.69) is 14.8 Å². The highest BCUT2D eigenvalue weighted by molar-refractivity contribution is 7.53. The van der Waals surface area contributed by atoms with Crippen molar-refractivity contribution in [2.24, 2.45) is 11.8 Å². The summed E-state index contributed by atoms with van der Waals surface area (Å²) < 4.78 is 32.3. The molecule has 2 atom stereocenters. The number of hydrogen-bond donors (Lipinski definition) is 2. The second-order valence-corrected chi connectivity index (χ2v) is 9.03. The van der Waals surface area contributed by atoms with E-state index in [1.807, 2.05) is 0 Å². The van der Waals surface area contributed by atoms with Gasteiger partial charge in [-0.2, -0.15) is 0 Å². The SMILES string of the molecule is CCOP(=O)(Cc1ccc(C(=O)N[C@@H](C(=O)O)[C@H](C)C(C(=O)OC)C(=O)OC)cc1)OCC. The zero-order valence-corrected chi connectivity index (χ0v) is 20.1. The van der Waals surface area contributed by atoms with Gasteiger partial charge in [0, 0.05) is 11.5 Å². The zero-order valence-electron chi connectivity index (χ0n) is 19.2. The molecule has 0 radical (unpaired) electrons. The number of methoxy groups -OCH3 is 2. The average molecular weight is 487 g/mol. The minimum Gasteiger partial charge on any atom is -0.480 e. The summed E-state index contributed by atoms with van der Waals surface area (Å²) in [6.45, 7) is 5.14. The summed E-state index contributed by atoms with van der Waals surface area (Å²) in [6.07, 6.45) is 0.00526. The first-order valence-corrected chi connectivity index (χ1v) is 11.9. The topological polar surface area (TPSA) is 155 Å². The van der Waals surface area contributed by atoms with E-state index in [4.69, 9.17) is 9.05 Å². The van der Waals surface area contributed by atoms with Crippen LogP contribution < -0.4 is 5.32 Å². The summed E-state index contributed by atoms with van der Waals surface area (Å²) >= 11 is 0. The number of benzene rings is 1. The molecule has 1 rings (SSSR count). The molecule has 184 valence electrons. The zero-order chi connectivity index (χ0) is 25.2. The van der Waals surface area contributed by atoms with Crippen molar-refractivity contribution in [3.63, 3.8) is 0 Å². The number of carboxylic acid groups (broad SMARTS) is 1. The Bertz CT molecular complexity index is 860. The van der Waals surface area contributed by atoms with Gasteiger partial charge in [0.2, 0.25) is 0 Å². The number of carboxylic acids is 1. The highest BCUT2D eigenvalue weighted by atomic mass is 31.2. The number of carbonyl (C=O) groups excluding carboxylic acids is 3. The van der Waals surface area contributed by atoms with Gasteiger partial charge in [-0.3, -0.25) is 18.9 Å². The van der Waals surface area contributed by atoms with Gasteiger partial charge < -0.3 is 28.9 Å². The molecule has 0 heterocycles. The van der Waals surface area contributed by atoms with E-state index in [-0.39, 0.29) is 24.9 Å². The molecule has 0 aliphatic heterocycles. The van der Waals surface area contributed by atoms with E-state index >= 15 is 0 Å². The molecular weight excluding hydrogens is 457 g/mol. The van der Waals surface area contributed by atoms with Crippen molar-refractivity contribution in [1.29, 1.82) is 0 Å². The van der Waals surface area contributed by atoms with Crippen LogP contribution in [0, 0.1) is 11.8 Å². The van der Waals surface area contributed by atoms with Gasteiger partial charge in [0.25, 0.3) is 5.91 Å². The number of rotatable bonds is 13. The highest BCUT2D eigenvalue weighted by Crippen LogP contribution is 2.51. The Morgan fingerprint density at radius 2 is 1.45 bits per heavy atom. The van der Waals surface area contributed by atoms with Gasteiger partial charge in [0.1, 0.15) is 6.04 Å². The fourth-order valence-corrected chi connectivity index (χ4v) is 4.82. The van der Waals surface area contributed by atoms with Crippen LogP contribution in [0.3, 0.4) is 0 Å². The molecule has 0 saturated heterocycles. The van der Waals surface area contributed by atoms with Crippen LogP contribution in [0.4, 0.5) is 0 Å². The Morgan fingerprint density at radius 1 is 0.970 bits per heavy atom. The molecule has 1 aromatic rings. The van der Waals surface area contributed by atoms with Crippen LogP contribution in [0.15, 0.2) is 24.3 Å². The fraction of sp³-hybridized carbons (Fsp3) is 0.524. The molecule has 0 saturated carbocycles. The average Bonchev–Trinajstić information content (AvgIpc) is 2.77. The molecule has 0 aliphatic rings. The second-order valence-electron chi connectivity index (χ2n) is 6.97. The monoisotopic (exact) mass is 487 g/mol. The largest absolute Gasteiger partial charge is 0.480 e. The quantitative estimate of drug-likeness (QED) is 0.240. The van der Waals surface area contributed by atoms with Crippen LogP contribution in [0.1, 0.15) is 36.7 Å². The molecule has 0 bridgehead atoms. The van der Waals surface area contributed by atoms with E-state index in [9.17, 15) is 28.8 Å². The van der Waals surface area contributed by atoms with Crippen molar-refractivity contribution in [2.45, 2.75) is 33.0 Å². The normalized spacial score (nSPS) is 13.2. The van der Waals surface area contributed by atoms with Crippen LogP contribution in [0.25, 0.3) is 0 Å². The lowest BCUT2D eigenvalue weighted by Crippen LogP contribution is -2.50. The maximum absolute atomic E-state index is 12.7. The molecule has 0 aliphatic carbocycles. The number of ether oxygens (including phenoxy) is 2. The molecule has 0 aromatic heterocycles. The molecule has 0 spiro atoms. The predicted molar refractivity (Wildman–Crippen MR) is 117 cm³/mol. The van der Waals surface area contributed by atoms with Gasteiger partial charge >= 0.3 is 25.5 Å². The van der Waals surface area contributed by atoms with E-state index in [0.717, 1.165) is 14.2 Å². The predicted octanol–water partition coefficient (Wildman–Crippen LogP) is 2.23. The molecule has 12 heteroatoms. The highest BCUT2D eigenvalue weighted by Gasteiger charge is 2.42. The summed E-state index contributed by atoms with van der Waals surface area (Å²) in [4.78, 5) is 48.5. The Balaban J connectivity index is 3.04. The molecular formula is C21H30NO10P. The standard InChI is InChI=1S/C21H30NO10P/c1-6-31-33(28,32-7-2)12-14-8-10-15(11-9-14)18(23)22-17(19(24)25)13(3)16(20(26)29-4)21(27)30-5/h8-11,13,16-17H,6-7,12H2,1-5H3,(H,22,23)(H,24,25)/t13-,17-/m1/s1. The lowest BCUT2D eigenvalue weighted by molar-refractivity contribution is -0.162. The van der Waals surface area contributed by atoms with Gasteiger partial charge in [-0.15, -0.1) is 0 Å². The van der Waals surface area contributed by atoms with Crippen molar-refractivity contribution in [2.75, 3.05) is 27.4 Å². The van der Waals surface area contributed by atoms with Crippen LogP contribution in [0.2, 0.25) is 0 Å². The first-order chi connectivity index (χ1) is 15.5. The first-order valence-electron chi connectivity index (χ1n) is 10.2. The fourth-order valence-electron chi connectivity index (χ4n) is 3.12. The molecule has 1 aromatic carbocycles. The summed E-state index contributed by atoms with van der Waals surface area (Å²) in [5.41, 5.74) is 0.712. The lowest BCUT2D eigenvalue weighted by atomic mass is 9.87. The van der Waals surface area contributed by atoms with Gasteiger partial charge in [-0.05, 0) is 31.5 Å². The number of nitrogens with one attached hydrogen (secondary N) is 1. The molecule has 33 heavy (non-hydrogen) atoms. The van der Waals surface area contributed by atoms with Gasteiger partial charge in [-0.25, -0.2) is 4.79 Å². The van der Waals surface area contributed by atoms with Crippen LogP contribution in [-0.2, 0) is 43.6 Å². The molecule has 1 amide bonds. The molecule has 0 unspecified atom stereocenters. The lowest BCUT2D eigenvalue weighted by Gasteiger charge is -2.26. The van der Waals surface area contributed by atoms with Crippen LogP contribution in [-0.4, -0.2) is 62.4 Å². The van der Waals surface area contributed by atoms with E-state index in [1.54, 1.807) is 26.0 Å². The van der Waals surface area contributed by atoms with Crippen molar-refractivity contribution >= 4 is 31.4 Å². The maximum Gasteiger partial charge on any atom is 0.335 e. The minimum atomic E-state index is -3.33. The van der Waals surface area contributed by atoms with Crippen LogP contribution >= 0.6 is 7.60 Å². The Kier molecular flexibility index (Phi) is 11.2. The summed E-state index contributed by atoms with van der Waals surface area (Å²) in [5, 5.41) is 11.9. The van der Waals surface area contributed by atoms with E-state index in [0.29, 0.717) is 5.56 Å². The van der Waals surface area contributed by atoms with Crippen LogP contribution in [0.5, 0.6) is 0 Å². The molecule has 11 nitrogen and oxygen atoms in total. The smallest absolute Gasteiger partial charge is 0.335 e. The number of aliphatic carboxylic acids is 1. The van der Waals surface area contributed by atoms with Crippen molar-refractivity contribution in [1.82, 2.24) is 5.32 Å². The van der Waals surface area contributed by atoms with E-state index in [1.165, 1.54) is 19.1 Å². The Morgan fingerprint density at radius 3 is 1.85 bits per heavy atom. The Hall–Kier alpha value is -2.75. The minimum absolute atomic E-state index is 0.00526. The van der Waals surface area contributed by atoms with Crippen molar-refractivity contribution in [3.05, 3.63) is 35.4 Å². The van der Waals surface area contributed by atoms with Gasteiger partial charge in [0.15, 0.2) is 5.92 Å². The number of carbonyl (C=O) groups is 4. The second kappa shape index (κ2) is 13.1. The first kappa shape index (κ1) is 28.3. The third-order valence-electron chi connectivity index (χ3n) is 4.76. The van der Waals surface area contributed by atoms with Crippen molar-refractivity contribution < 1.29 is 47.4 Å². The van der Waals surface area contributed by atoms with Crippen molar-refractivity contribution in [3.8, 4) is 0 Å². The number of hydrogen-bond acceptors (Lipinski definition) is 9. The molecule has 0 fully saturated rings. The number of esters is 2. The Labute approximate surface area is 192 Å².